The summed E-state index contributed by atoms with van der Waals surface area (Å²) in [6, 6.07) is 1.46. The van der Waals surface area contributed by atoms with Gasteiger partial charge in [0.1, 0.15) is 0 Å². The van der Waals surface area contributed by atoms with E-state index in [1.807, 2.05) is 6.08 Å². The molecule has 2 rings (SSSR count). The molecule has 7 heteroatoms. The molecule has 1 N–H and O–H groups in total. The second kappa shape index (κ2) is 4.99. The minimum Gasteiger partial charge on any atom is -0.380 e. The fourth-order valence-electron chi connectivity index (χ4n) is 1.75. The molecule has 0 fully saturated rings. The molecular weight excluding hydrogens is 242 g/mol. The first-order valence-corrected chi connectivity index (χ1v) is 6.75. The molecule has 0 saturated heterocycles. The summed E-state index contributed by atoms with van der Waals surface area (Å²) < 4.78 is 30.7. The second-order valence-corrected chi connectivity index (χ2v) is 5.74. The third kappa shape index (κ3) is 2.56. The Morgan fingerprint density at radius 1 is 1.59 bits per heavy atom. The van der Waals surface area contributed by atoms with Crippen LogP contribution < -0.4 is 0 Å². The van der Waals surface area contributed by atoms with E-state index < -0.39 is 10.0 Å². The molecule has 1 aromatic rings. The summed E-state index contributed by atoms with van der Waals surface area (Å²) in [6.07, 6.45) is 4.05. The number of nitrogens with zero attached hydrogens (tertiary/aromatic N) is 2. The lowest BCUT2D eigenvalue weighted by atomic mass is 10.1. The van der Waals surface area contributed by atoms with E-state index in [1.54, 1.807) is 7.11 Å². The molecule has 0 aliphatic carbocycles. The van der Waals surface area contributed by atoms with Crippen molar-refractivity contribution in [3.05, 3.63) is 23.9 Å². The highest BCUT2D eigenvalue weighted by Crippen LogP contribution is 2.18. The molecule has 0 spiro atoms. The van der Waals surface area contributed by atoms with Crippen molar-refractivity contribution in [2.45, 2.75) is 11.4 Å². The highest BCUT2D eigenvalue weighted by atomic mass is 32.2. The molecule has 17 heavy (non-hydrogen) atoms. The number of rotatable bonds is 4. The van der Waals surface area contributed by atoms with Gasteiger partial charge in [-0.15, -0.1) is 0 Å². The van der Waals surface area contributed by atoms with Gasteiger partial charge in [0.25, 0.3) is 10.0 Å². The van der Waals surface area contributed by atoms with E-state index in [0.717, 1.165) is 5.57 Å². The van der Waals surface area contributed by atoms with Crippen LogP contribution in [0.5, 0.6) is 0 Å². The largest absolute Gasteiger partial charge is 0.380 e. The summed E-state index contributed by atoms with van der Waals surface area (Å²) in [7, 11) is -1.79. The van der Waals surface area contributed by atoms with Crippen LogP contribution in [-0.2, 0) is 14.8 Å². The number of methoxy groups -OCH3 is 1. The van der Waals surface area contributed by atoms with Crippen molar-refractivity contribution >= 4 is 10.0 Å². The maximum Gasteiger partial charge on any atom is 0.260 e. The minimum atomic E-state index is -3.43. The summed E-state index contributed by atoms with van der Waals surface area (Å²) in [4.78, 5) is 0. The third-order valence-electron chi connectivity index (χ3n) is 2.69. The van der Waals surface area contributed by atoms with Crippen LogP contribution in [0.25, 0.3) is 0 Å². The van der Waals surface area contributed by atoms with Gasteiger partial charge >= 0.3 is 0 Å². The molecule has 1 aliphatic rings. The maximum atomic E-state index is 12.1. The molecule has 2 heterocycles. The molecule has 0 radical (unpaired) electrons. The van der Waals surface area contributed by atoms with Crippen molar-refractivity contribution in [3.63, 3.8) is 0 Å². The van der Waals surface area contributed by atoms with Gasteiger partial charge in [-0.3, -0.25) is 5.10 Å². The van der Waals surface area contributed by atoms with Gasteiger partial charge in [-0.1, -0.05) is 6.08 Å². The number of H-pyrrole nitrogens is 1. The molecule has 0 unspecified atom stereocenters. The Morgan fingerprint density at radius 3 is 2.94 bits per heavy atom. The zero-order valence-corrected chi connectivity index (χ0v) is 10.4. The van der Waals surface area contributed by atoms with Crippen LogP contribution >= 0.6 is 0 Å². The Balaban J connectivity index is 2.11. The third-order valence-corrected chi connectivity index (χ3v) is 4.48. The first kappa shape index (κ1) is 12.3. The Morgan fingerprint density at radius 2 is 2.41 bits per heavy atom. The molecule has 0 aromatic carbocycles. The normalized spacial score (nSPS) is 18.1. The molecule has 6 nitrogen and oxygen atoms in total. The minimum absolute atomic E-state index is 0.140. The van der Waals surface area contributed by atoms with E-state index in [9.17, 15) is 8.42 Å². The van der Waals surface area contributed by atoms with Gasteiger partial charge in [-0.2, -0.15) is 9.40 Å². The van der Waals surface area contributed by atoms with Crippen LogP contribution in [-0.4, -0.2) is 49.7 Å². The zero-order valence-electron chi connectivity index (χ0n) is 9.59. The number of aromatic amines is 1. The lowest BCUT2D eigenvalue weighted by Gasteiger charge is -2.24. The number of hydrogen-bond donors (Lipinski definition) is 1. The first-order valence-electron chi connectivity index (χ1n) is 5.31. The van der Waals surface area contributed by atoms with Crippen LogP contribution in [0, 0.1) is 0 Å². The predicted octanol–water partition coefficient (Wildman–Crippen LogP) is 0.377. The number of aromatic nitrogens is 2. The highest BCUT2D eigenvalue weighted by molar-refractivity contribution is 7.89. The van der Waals surface area contributed by atoms with E-state index >= 15 is 0 Å². The quantitative estimate of drug-likeness (QED) is 0.791. The summed E-state index contributed by atoms with van der Waals surface area (Å²) in [6.45, 7) is 1.44. The van der Waals surface area contributed by atoms with Gasteiger partial charge in [0.05, 0.1) is 12.8 Å². The zero-order chi connectivity index (χ0) is 12.3. The lowest BCUT2D eigenvalue weighted by molar-refractivity contribution is 0.219. The maximum absolute atomic E-state index is 12.1. The van der Waals surface area contributed by atoms with Crippen LogP contribution in [0.1, 0.15) is 6.42 Å². The first-order chi connectivity index (χ1) is 8.14. The molecule has 0 saturated carbocycles. The van der Waals surface area contributed by atoms with E-state index in [0.29, 0.717) is 26.1 Å². The number of sulfonamides is 1. The second-order valence-electron chi connectivity index (χ2n) is 3.83. The Bertz CT molecular complexity index is 493. The Labute approximate surface area is 100 Å². The summed E-state index contributed by atoms with van der Waals surface area (Å²) in [5, 5.41) is 6.29. The van der Waals surface area contributed by atoms with Gasteiger partial charge in [0, 0.05) is 20.2 Å². The molecule has 0 amide bonds. The molecule has 1 aliphatic heterocycles. The average molecular weight is 257 g/mol. The van der Waals surface area contributed by atoms with Crippen LogP contribution in [0.2, 0.25) is 0 Å². The van der Waals surface area contributed by atoms with Gasteiger partial charge in [-0.25, -0.2) is 8.42 Å². The predicted molar refractivity (Wildman–Crippen MR) is 61.9 cm³/mol. The van der Waals surface area contributed by atoms with Gasteiger partial charge in [0.2, 0.25) is 0 Å². The van der Waals surface area contributed by atoms with Crippen LogP contribution in [0.3, 0.4) is 0 Å². The van der Waals surface area contributed by atoms with Gasteiger partial charge < -0.3 is 4.74 Å². The topological polar surface area (TPSA) is 75.3 Å². The van der Waals surface area contributed by atoms with Gasteiger partial charge in [-0.05, 0) is 18.1 Å². The summed E-state index contributed by atoms with van der Waals surface area (Å²) >= 11 is 0. The Hall–Kier alpha value is -1.18. The van der Waals surface area contributed by atoms with Crippen molar-refractivity contribution in [3.8, 4) is 0 Å². The number of hydrogen-bond acceptors (Lipinski definition) is 4. The number of ether oxygens (including phenoxy) is 1. The lowest BCUT2D eigenvalue weighted by Crippen LogP contribution is -2.35. The van der Waals surface area contributed by atoms with Crippen molar-refractivity contribution in [2.24, 2.45) is 0 Å². The molecule has 0 atom stereocenters. The van der Waals surface area contributed by atoms with Crippen molar-refractivity contribution < 1.29 is 13.2 Å². The SMILES string of the molecule is COCC1=CCN(S(=O)(=O)c2ccn[nH]2)CC1. The fourth-order valence-corrected chi connectivity index (χ4v) is 3.03. The van der Waals surface area contributed by atoms with Crippen molar-refractivity contribution in [2.75, 3.05) is 26.8 Å². The van der Waals surface area contributed by atoms with Crippen LogP contribution in [0.4, 0.5) is 0 Å². The molecule has 0 bridgehead atoms. The van der Waals surface area contributed by atoms with E-state index in [1.165, 1.54) is 16.6 Å². The van der Waals surface area contributed by atoms with Crippen LogP contribution in [0.15, 0.2) is 28.9 Å². The number of nitrogens with one attached hydrogen (secondary N) is 1. The average Bonchev–Trinajstić information content (AvgIpc) is 2.84. The highest BCUT2D eigenvalue weighted by Gasteiger charge is 2.26. The smallest absolute Gasteiger partial charge is 0.260 e. The van der Waals surface area contributed by atoms with E-state index in [2.05, 4.69) is 10.2 Å². The fraction of sp³-hybridized carbons (Fsp3) is 0.500. The molecule has 1 aromatic heterocycles. The summed E-state index contributed by atoms with van der Waals surface area (Å²) in [5.41, 5.74) is 1.14. The molecule has 94 valence electrons. The standard InChI is InChI=1S/C10H15N3O3S/c1-16-8-9-3-6-13(7-4-9)17(14,15)10-2-5-11-12-10/h2-3,5H,4,6-8H2,1H3,(H,11,12). The van der Waals surface area contributed by atoms with Gasteiger partial charge in [0.15, 0.2) is 5.03 Å². The monoisotopic (exact) mass is 257 g/mol. The van der Waals surface area contributed by atoms with E-state index in [4.69, 9.17) is 4.74 Å². The van der Waals surface area contributed by atoms with Crippen molar-refractivity contribution in [1.82, 2.24) is 14.5 Å². The van der Waals surface area contributed by atoms with E-state index in [-0.39, 0.29) is 5.03 Å². The molecular formula is C10H15N3O3S. The van der Waals surface area contributed by atoms with Crippen molar-refractivity contribution in [1.29, 1.82) is 0 Å². The Kier molecular flexibility index (Phi) is 3.60. The summed E-state index contributed by atoms with van der Waals surface area (Å²) in [5.74, 6) is 0.